The molecule has 0 aliphatic heterocycles. The van der Waals surface area contributed by atoms with Crippen molar-refractivity contribution in [3.05, 3.63) is 48.7 Å². The maximum atomic E-state index is 13.4. The van der Waals surface area contributed by atoms with Crippen LogP contribution in [-0.2, 0) is 11.3 Å². The number of methoxy groups -OCH3 is 2. The fourth-order valence-electron chi connectivity index (χ4n) is 3.18. The highest BCUT2D eigenvalue weighted by Crippen LogP contribution is 2.36. The molecule has 4 heterocycles. The fourth-order valence-corrected chi connectivity index (χ4v) is 3.18. The van der Waals surface area contributed by atoms with Gasteiger partial charge in [0, 0.05) is 13.7 Å². The van der Waals surface area contributed by atoms with Gasteiger partial charge in [0.2, 0.25) is 0 Å². The van der Waals surface area contributed by atoms with E-state index in [1.54, 1.807) is 19.6 Å². The molecular formula is C19H19FN8O3. The summed E-state index contributed by atoms with van der Waals surface area (Å²) in [6.45, 7) is 1.01. The molecule has 1 amide bonds. The average Bonchev–Trinajstić information content (AvgIpc) is 3.34. The minimum absolute atomic E-state index is 0.0154. The highest BCUT2D eigenvalue weighted by molar-refractivity contribution is 6.12. The number of nitrogens with zero attached hydrogens (tertiary/aromatic N) is 6. The van der Waals surface area contributed by atoms with E-state index in [1.165, 1.54) is 19.5 Å². The number of carbonyl (C=O) groups excluding carboxylic acids is 1. The Bertz CT molecular complexity index is 1250. The molecule has 0 aliphatic rings. The SMILES string of the molecule is COCCn1cncc1-c1c(NC(=O)c2c(N)nn3cc(F)cnc23)cncc1OC. The van der Waals surface area contributed by atoms with E-state index in [-0.39, 0.29) is 17.0 Å². The molecule has 4 rings (SSSR count). The highest BCUT2D eigenvalue weighted by atomic mass is 19.1. The Labute approximate surface area is 175 Å². The second-order valence-electron chi connectivity index (χ2n) is 6.48. The number of carbonyl (C=O) groups is 1. The summed E-state index contributed by atoms with van der Waals surface area (Å²) in [6, 6.07) is 0. The van der Waals surface area contributed by atoms with Crippen molar-refractivity contribution in [1.29, 1.82) is 0 Å². The van der Waals surface area contributed by atoms with Crippen LogP contribution in [0.5, 0.6) is 5.75 Å². The van der Waals surface area contributed by atoms with Crippen LogP contribution in [0.2, 0.25) is 0 Å². The van der Waals surface area contributed by atoms with Gasteiger partial charge in [0.25, 0.3) is 5.91 Å². The third kappa shape index (κ3) is 3.75. The first-order valence-electron chi connectivity index (χ1n) is 9.15. The van der Waals surface area contributed by atoms with Gasteiger partial charge in [0.1, 0.15) is 11.3 Å². The number of fused-ring (bicyclic) bond motifs is 1. The zero-order valence-electron chi connectivity index (χ0n) is 16.7. The second-order valence-corrected chi connectivity index (χ2v) is 6.48. The number of nitrogens with two attached hydrogens (primary N) is 1. The summed E-state index contributed by atoms with van der Waals surface area (Å²) in [5.41, 5.74) is 7.68. The molecule has 11 nitrogen and oxygen atoms in total. The van der Waals surface area contributed by atoms with Gasteiger partial charge in [0.15, 0.2) is 17.3 Å². The molecule has 0 unspecified atom stereocenters. The van der Waals surface area contributed by atoms with E-state index in [2.05, 4.69) is 25.4 Å². The molecule has 3 N–H and O–H groups in total. The Balaban J connectivity index is 1.76. The van der Waals surface area contributed by atoms with Crippen LogP contribution in [0.1, 0.15) is 10.4 Å². The summed E-state index contributed by atoms with van der Waals surface area (Å²) >= 11 is 0. The van der Waals surface area contributed by atoms with Crippen LogP contribution in [0.15, 0.2) is 37.3 Å². The van der Waals surface area contributed by atoms with Crippen molar-refractivity contribution in [2.75, 3.05) is 31.9 Å². The maximum Gasteiger partial charge on any atom is 0.263 e. The van der Waals surface area contributed by atoms with E-state index in [0.29, 0.717) is 35.8 Å². The van der Waals surface area contributed by atoms with E-state index in [4.69, 9.17) is 15.2 Å². The maximum absolute atomic E-state index is 13.4. The Morgan fingerprint density at radius 1 is 1.23 bits per heavy atom. The predicted molar refractivity (Wildman–Crippen MR) is 109 cm³/mol. The average molecular weight is 426 g/mol. The van der Waals surface area contributed by atoms with Gasteiger partial charge in [-0.2, -0.15) is 0 Å². The van der Waals surface area contributed by atoms with Crippen LogP contribution in [0.4, 0.5) is 15.9 Å². The van der Waals surface area contributed by atoms with Gasteiger partial charge in [-0.1, -0.05) is 0 Å². The van der Waals surface area contributed by atoms with E-state index < -0.39 is 11.7 Å². The molecule has 0 spiro atoms. The largest absolute Gasteiger partial charge is 0.494 e. The summed E-state index contributed by atoms with van der Waals surface area (Å²) < 4.78 is 27.0. The number of pyridine rings is 1. The van der Waals surface area contributed by atoms with Crippen molar-refractivity contribution in [2.45, 2.75) is 6.54 Å². The molecule has 0 atom stereocenters. The van der Waals surface area contributed by atoms with Gasteiger partial charge in [-0.15, -0.1) is 5.10 Å². The number of imidazole rings is 1. The first-order chi connectivity index (χ1) is 15.0. The molecule has 12 heteroatoms. The Morgan fingerprint density at radius 2 is 2.06 bits per heavy atom. The number of nitrogen functional groups attached to an aromatic ring is 1. The van der Waals surface area contributed by atoms with Crippen LogP contribution in [0, 0.1) is 5.82 Å². The molecule has 0 saturated carbocycles. The second kappa shape index (κ2) is 8.36. The van der Waals surface area contributed by atoms with Crippen LogP contribution < -0.4 is 15.8 Å². The lowest BCUT2D eigenvalue weighted by Gasteiger charge is -2.15. The number of nitrogens with one attached hydrogen (secondary N) is 1. The summed E-state index contributed by atoms with van der Waals surface area (Å²) in [5, 5.41) is 6.74. The fraction of sp³-hybridized carbons (Fsp3) is 0.211. The summed E-state index contributed by atoms with van der Waals surface area (Å²) in [5.74, 6) is -0.834. The third-order valence-electron chi connectivity index (χ3n) is 4.58. The van der Waals surface area contributed by atoms with Gasteiger partial charge < -0.3 is 25.1 Å². The zero-order chi connectivity index (χ0) is 22.0. The molecule has 0 aromatic carbocycles. The van der Waals surface area contributed by atoms with Gasteiger partial charge in [-0.05, 0) is 0 Å². The summed E-state index contributed by atoms with van der Waals surface area (Å²) in [6.07, 6.45) is 8.40. The van der Waals surface area contributed by atoms with E-state index in [9.17, 15) is 9.18 Å². The van der Waals surface area contributed by atoms with Crippen molar-refractivity contribution in [3.63, 3.8) is 0 Å². The van der Waals surface area contributed by atoms with E-state index in [1.807, 2.05) is 4.57 Å². The lowest BCUT2D eigenvalue weighted by molar-refractivity contribution is 0.102. The Morgan fingerprint density at radius 3 is 2.84 bits per heavy atom. The number of amides is 1. The van der Waals surface area contributed by atoms with Crippen molar-refractivity contribution < 1.29 is 18.7 Å². The van der Waals surface area contributed by atoms with Crippen LogP contribution in [0.25, 0.3) is 16.9 Å². The van der Waals surface area contributed by atoms with Crippen molar-refractivity contribution in [3.8, 4) is 17.0 Å². The van der Waals surface area contributed by atoms with Crippen molar-refractivity contribution in [1.82, 2.24) is 29.1 Å². The van der Waals surface area contributed by atoms with Gasteiger partial charge in [-0.25, -0.2) is 18.9 Å². The minimum Gasteiger partial charge on any atom is -0.494 e. The number of rotatable bonds is 7. The monoisotopic (exact) mass is 426 g/mol. The topological polar surface area (TPSA) is 134 Å². The zero-order valence-corrected chi connectivity index (χ0v) is 16.7. The standard InChI is InChI=1S/C19H19FN8O3/c1-30-4-3-27-10-23-7-13(27)15-12(6-22-8-14(15)31-2)25-19(29)16-17(21)26-28-9-11(20)5-24-18(16)28/h5-10H,3-4H2,1-2H3,(H2,21,26)(H,25,29). The molecular weight excluding hydrogens is 407 g/mol. The van der Waals surface area contributed by atoms with Crippen molar-refractivity contribution >= 4 is 23.1 Å². The molecule has 0 aliphatic carbocycles. The molecule has 0 fully saturated rings. The first-order valence-corrected chi connectivity index (χ1v) is 9.15. The molecule has 4 aromatic heterocycles. The molecule has 160 valence electrons. The summed E-state index contributed by atoms with van der Waals surface area (Å²) in [4.78, 5) is 25.4. The van der Waals surface area contributed by atoms with E-state index in [0.717, 1.165) is 16.9 Å². The number of ether oxygens (including phenoxy) is 2. The minimum atomic E-state index is -0.606. The third-order valence-corrected chi connectivity index (χ3v) is 4.58. The number of anilines is 2. The quantitative estimate of drug-likeness (QED) is 0.455. The van der Waals surface area contributed by atoms with E-state index >= 15 is 0 Å². The van der Waals surface area contributed by atoms with Crippen molar-refractivity contribution in [2.24, 2.45) is 0 Å². The molecule has 0 bridgehead atoms. The molecule has 0 radical (unpaired) electrons. The molecule has 31 heavy (non-hydrogen) atoms. The van der Waals surface area contributed by atoms with Crippen LogP contribution >= 0.6 is 0 Å². The number of hydrogen-bond donors (Lipinski definition) is 2. The van der Waals surface area contributed by atoms with Gasteiger partial charge in [0.05, 0.1) is 68.0 Å². The predicted octanol–water partition coefficient (Wildman–Crippen LogP) is 1.62. The van der Waals surface area contributed by atoms with Crippen LogP contribution in [-0.4, -0.2) is 55.9 Å². The smallest absolute Gasteiger partial charge is 0.263 e. The Kier molecular flexibility index (Phi) is 5.45. The number of hydrogen-bond acceptors (Lipinski definition) is 8. The first kappa shape index (κ1) is 20.2. The summed E-state index contributed by atoms with van der Waals surface area (Å²) in [7, 11) is 3.11. The number of halogens is 1. The molecule has 4 aromatic rings. The molecule has 0 saturated heterocycles. The van der Waals surface area contributed by atoms with Crippen LogP contribution in [0.3, 0.4) is 0 Å². The lowest BCUT2D eigenvalue weighted by atomic mass is 10.1. The lowest BCUT2D eigenvalue weighted by Crippen LogP contribution is -2.15. The van der Waals surface area contributed by atoms with Gasteiger partial charge in [-0.3, -0.25) is 9.78 Å². The highest BCUT2D eigenvalue weighted by Gasteiger charge is 2.23. The number of aromatic nitrogens is 6. The Hall–Kier alpha value is -4.06. The van der Waals surface area contributed by atoms with Gasteiger partial charge >= 0.3 is 0 Å². The normalized spacial score (nSPS) is 11.1.